The van der Waals surface area contributed by atoms with Crippen LogP contribution in [0.25, 0.3) is 0 Å². The van der Waals surface area contributed by atoms with E-state index in [0.717, 1.165) is 25.3 Å². The topological polar surface area (TPSA) is 73.1 Å². The molecule has 2 rings (SSSR count). The van der Waals surface area contributed by atoms with Crippen molar-refractivity contribution in [3.63, 3.8) is 0 Å². The number of nitriles is 1. The number of rotatable bonds is 4. The van der Waals surface area contributed by atoms with Crippen molar-refractivity contribution < 1.29 is 14.3 Å². The Bertz CT molecular complexity index is 545. The molecule has 0 bridgehead atoms. The van der Waals surface area contributed by atoms with Gasteiger partial charge in [0.1, 0.15) is 11.9 Å². The first-order valence-corrected chi connectivity index (χ1v) is 6.74. The predicted octanol–water partition coefficient (Wildman–Crippen LogP) is 3.14. The molecule has 1 fully saturated rings. The van der Waals surface area contributed by atoms with Crippen LogP contribution in [-0.2, 0) is 4.79 Å². The average Bonchev–Trinajstić information content (AvgIpc) is 2.46. The summed E-state index contributed by atoms with van der Waals surface area (Å²) >= 11 is 0. The Morgan fingerprint density at radius 2 is 2.10 bits per heavy atom. The van der Waals surface area contributed by atoms with Gasteiger partial charge in [-0.05, 0) is 31.0 Å². The molecule has 20 heavy (non-hydrogen) atoms. The Kier molecular flexibility index (Phi) is 4.23. The van der Waals surface area contributed by atoms with E-state index in [-0.39, 0.29) is 12.1 Å². The minimum absolute atomic E-state index is 0.196. The fraction of sp³-hybridized carbons (Fsp3) is 0.467. The van der Waals surface area contributed by atoms with Crippen molar-refractivity contribution >= 4 is 11.7 Å². The summed E-state index contributed by atoms with van der Waals surface area (Å²) in [5.41, 5.74) is -0.0965. The maximum absolute atomic E-state index is 13.1. The molecule has 0 aromatic heterocycles. The molecular weight excluding hydrogens is 259 g/mol. The standard InChI is InChI=1S/C15H17FN2O2/c16-12-4-5-13(11(8-12)9-17)18-10-15(14(19)20)6-2-1-3-7-15/h4-5,8,18H,1-3,6-7,10H2,(H,19,20). The summed E-state index contributed by atoms with van der Waals surface area (Å²) in [6.07, 6.45) is 4.15. The zero-order valence-electron chi connectivity index (χ0n) is 11.2. The van der Waals surface area contributed by atoms with Crippen LogP contribution in [0.3, 0.4) is 0 Å². The lowest BCUT2D eigenvalue weighted by molar-refractivity contribution is -0.150. The molecule has 0 atom stereocenters. The number of benzene rings is 1. The van der Waals surface area contributed by atoms with Crippen LogP contribution in [-0.4, -0.2) is 17.6 Å². The zero-order chi connectivity index (χ0) is 14.6. The van der Waals surface area contributed by atoms with Gasteiger partial charge in [0.05, 0.1) is 16.7 Å². The Hall–Kier alpha value is -2.09. The van der Waals surface area contributed by atoms with Gasteiger partial charge in [0.15, 0.2) is 0 Å². The number of anilines is 1. The average molecular weight is 276 g/mol. The maximum atomic E-state index is 13.1. The van der Waals surface area contributed by atoms with Gasteiger partial charge < -0.3 is 10.4 Å². The SMILES string of the molecule is N#Cc1cc(F)ccc1NCC1(C(=O)O)CCCCC1. The normalized spacial score (nSPS) is 17.2. The third-order valence-corrected chi connectivity index (χ3v) is 3.98. The first-order chi connectivity index (χ1) is 9.57. The van der Waals surface area contributed by atoms with Gasteiger partial charge in [-0.3, -0.25) is 4.79 Å². The van der Waals surface area contributed by atoms with Crippen LogP contribution in [0.15, 0.2) is 18.2 Å². The van der Waals surface area contributed by atoms with Crippen molar-refractivity contribution in [2.75, 3.05) is 11.9 Å². The first-order valence-electron chi connectivity index (χ1n) is 6.74. The number of aliphatic carboxylic acids is 1. The van der Waals surface area contributed by atoms with Gasteiger partial charge in [-0.2, -0.15) is 5.26 Å². The summed E-state index contributed by atoms with van der Waals surface area (Å²) in [7, 11) is 0. The fourth-order valence-corrected chi connectivity index (χ4v) is 2.72. The summed E-state index contributed by atoms with van der Waals surface area (Å²) in [6, 6.07) is 5.81. The molecule has 1 aliphatic rings. The molecule has 0 unspecified atom stereocenters. The van der Waals surface area contributed by atoms with Crippen LogP contribution in [0.5, 0.6) is 0 Å². The third-order valence-electron chi connectivity index (χ3n) is 3.98. The van der Waals surface area contributed by atoms with Crippen LogP contribution in [0.4, 0.5) is 10.1 Å². The fourth-order valence-electron chi connectivity index (χ4n) is 2.72. The maximum Gasteiger partial charge on any atom is 0.311 e. The van der Waals surface area contributed by atoms with Gasteiger partial charge >= 0.3 is 5.97 Å². The van der Waals surface area contributed by atoms with Crippen molar-refractivity contribution in [1.29, 1.82) is 5.26 Å². The summed E-state index contributed by atoms with van der Waals surface area (Å²) < 4.78 is 13.1. The summed E-state index contributed by atoms with van der Waals surface area (Å²) in [6.45, 7) is 0.267. The lowest BCUT2D eigenvalue weighted by Gasteiger charge is -2.33. The summed E-state index contributed by atoms with van der Waals surface area (Å²) in [4.78, 5) is 11.5. The monoisotopic (exact) mass is 276 g/mol. The highest BCUT2D eigenvalue weighted by Crippen LogP contribution is 2.37. The van der Waals surface area contributed by atoms with Crippen LogP contribution in [0, 0.1) is 22.6 Å². The second kappa shape index (κ2) is 5.91. The van der Waals surface area contributed by atoms with Gasteiger partial charge in [0.2, 0.25) is 0 Å². The van der Waals surface area contributed by atoms with Crippen LogP contribution >= 0.6 is 0 Å². The van der Waals surface area contributed by atoms with E-state index >= 15 is 0 Å². The summed E-state index contributed by atoms with van der Waals surface area (Å²) in [5.74, 6) is -1.27. The van der Waals surface area contributed by atoms with Gasteiger partial charge in [-0.1, -0.05) is 19.3 Å². The van der Waals surface area contributed by atoms with E-state index in [0.29, 0.717) is 18.5 Å². The molecule has 1 saturated carbocycles. The molecule has 0 spiro atoms. The minimum Gasteiger partial charge on any atom is -0.481 e. The number of carbonyl (C=O) groups is 1. The molecule has 1 aliphatic carbocycles. The van der Waals surface area contributed by atoms with Crippen molar-refractivity contribution in [3.05, 3.63) is 29.6 Å². The first kappa shape index (κ1) is 14.3. The smallest absolute Gasteiger partial charge is 0.311 e. The van der Waals surface area contributed by atoms with Crippen molar-refractivity contribution in [3.8, 4) is 6.07 Å². The molecule has 1 aromatic carbocycles. The number of hydrogen-bond donors (Lipinski definition) is 2. The molecule has 2 N–H and O–H groups in total. The second-order valence-corrected chi connectivity index (χ2v) is 5.30. The van der Waals surface area contributed by atoms with E-state index in [9.17, 15) is 14.3 Å². The van der Waals surface area contributed by atoms with Gasteiger partial charge in [-0.15, -0.1) is 0 Å². The highest BCUT2D eigenvalue weighted by molar-refractivity contribution is 5.76. The van der Waals surface area contributed by atoms with Gasteiger partial charge in [0, 0.05) is 6.54 Å². The molecule has 1 aromatic rings. The van der Waals surface area contributed by atoms with E-state index in [1.165, 1.54) is 12.1 Å². The summed E-state index contributed by atoms with van der Waals surface area (Å²) in [5, 5.41) is 21.5. The molecular formula is C15H17FN2O2. The Morgan fingerprint density at radius 3 is 2.70 bits per heavy atom. The predicted molar refractivity (Wildman–Crippen MR) is 72.8 cm³/mol. The highest BCUT2D eigenvalue weighted by atomic mass is 19.1. The number of halogens is 1. The van der Waals surface area contributed by atoms with Crippen molar-refractivity contribution in [2.24, 2.45) is 5.41 Å². The van der Waals surface area contributed by atoms with Crippen molar-refractivity contribution in [2.45, 2.75) is 32.1 Å². The molecule has 106 valence electrons. The van der Waals surface area contributed by atoms with Crippen LogP contribution in [0.2, 0.25) is 0 Å². The highest BCUT2D eigenvalue weighted by Gasteiger charge is 2.39. The van der Waals surface area contributed by atoms with E-state index < -0.39 is 17.2 Å². The largest absolute Gasteiger partial charge is 0.481 e. The van der Waals surface area contributed by atoms with Crippen molar-refractivity contribution in [1.82, 2.24) is 0 Å². The molecule has 5 heteroatoms. The quantitative estimate of drug-likeness (QED) is 0.886. The Labute approximate surface area is 117 Å². The number of hydrogen-bond acceptors (Lipinski definition) is 3. The molecule has 0 saturated heterocycles. The third kappa shape index (κ3) is 2.90. The Balaban J connectivity index is 2.14. The van der Waals surface area contributed by atoms with Gasteiger partial charge in [0.25, 0.3) is 0 Å². The van der Waals surface area contributed by atoms with E-state index in [2.05, 4.69) is 5.32 Å². The molecule has 0 aliphatic heterocycles. The van der Waals surface area contributed by atoms with E-state index in [4.69, 9.17) is 5.26 Å². The van der Waals surface area contributed by atoms with Crippen LogP contribution < -0.4 is 5.32 Å². The Morgan fingerprint density at radius 1 is 1.40 bits per heavy atom. The lowest BCUT2D eigenvalue weighted by Crippen LogP contribution is -2.39. The molecule has 0 heterocycles. The second-order valence-electron chi connectivity index (χ2n) is 5.30. The number of nitrogens with one attached hydrogen (secondary N) is 1. The number of nitrogens with zero attached hydrogens (tertiary/aromatic N) is 1. The number of carboxylic acids is 1. The molecule has 0 amide bonds. The van der Waals surface area contributed by atoms with E-state index in [1.807, 2.05) is 6.07 Å². The lowest BCUT2D eigenvalue weighted by atomic mass is 9.74. The number of carboxylic acid groups (broad SMARTS) is 1. The van der Waals surface area contributed by atoms with Crippen LogP contribution in [0.1, 0.15) is 37.7 Å². The molecule has 0 radical (unpaired) electrons. The zero-order valence-corrected chi connectivity index (χ0v) is 11.2. The van der Waals surface area contributed by atoms with Gasteiger partial charge in [-0.25, -0.2) is 4.39 Å². The molecule has 4 nitrogen and oxygen atoms in total. The van der Waals surface area contributed by atoms with E-state index in [1.54, 1.807) is 0 Å². The minimum atomic E-state index is -0.801.